The highest BCUT2D eigenvalue weighted by atomic mass is 35.5. The molecule has 4 rings (SSSR count). The molecule has 1 aromatic heterocycles. The Morgan fingerprint density at radius 2 is 1.93 bits per heavy atom. The Labute approximate surface area is 188 Å². The first kappa shape index (κ1) is 22.8. The molecule has 0 bridgehead atoms. The van der Waals surface area contributed by atoms with E-state index in [2.05, 4.69) is 21.8 Å². The molecular weight excluding hydrogens is 418 g/mol. The smallest absolute Gasteiger partial charge is 0.239 e. The van der Waals surface area contributed by atoms with Gasteiger partial charge in [-0.1, -0.05) is 38.1 Å². The van der Waals surface area contributed by atoms with Crippen LogP contribution in [0.5, 0.6) is 0 Å². The molecule has 2 aliphatic heterocycles. The standard InChI is InChI=1S/C21H26ClN5OS.CH4/c1-2-18-19-17(12-29-18)24-13-25-20(19)26-7-9-27(10-8-26)21(28)16(23)11-14-3-5-15(22)6-4-14;/h3-6,13,16,18H,2,7-12,23H2,1H3;1H4/t16-,18?;/m1./s1. The summed E-state index contributed by atoms with van der Waals surface area (Å²) in [6, 6.07) is 6.96. The highest BCUT2D eigenvalue weighted by Crippen LogP contribution is 2.46. The molecule has 1 aromatic carbocycles. The lowest BCUT2D eigenvalue weighted by atomic mass is 10.0. The summed E-state index contributed by atoms with van der Waals surface area (Å²) in [5, 5.41) is 1.15. The molecule has 2 aliphatic rings. The highest BCUT2D eigenvalue weighted by Gasteiger charge is 2.31. The molecule has 0 spiro atoms. The van der Waals surface area contributed by atoms with Gasteiger partial charge in [0.15, 0.2) is 0 Å². The average molecular weight is 448 g/mol. The summed E-state index contributed by atoms with van der Waals surface area (Å²) in [5.74, 6) is 2.01. The van der Waals surface area contributed by atoms with Crippen molar-refractivity contribution in [1.29, 1.82) is 0 Å². The van der Waals surface area contributed by atoms with Crippen LogP contribution in [-0.4, -0.2) is 53.0 Å². The third-order valence-corrected chi connectivity index (χ3v) is 7.30. The average Bonchev–Trinajstić information content (AvgIpc) is 3.18. The van der Waals surface area contributed by atoms with Gasteiger partial charge in [0.2, 0.25) is 5.91 Å². The molecule has 8 heteroatoms. The summed E-state index contributed by atoms with van der Waals surface area (Å²) in [6.07, 6.45) is 3.27. The van der Waals surface area contributed by atoms with Gasteiger partial charge in [0.05, 0.1) is 11.7 Å². The number of carbonyl (C=O) groups is 1. The van der Waals surface area contributed by atoms with E-state index < -0.39 is 6.04 Å². The number of amides is 1. The van der Waals surface area contributed by atoms with Gasteiger partial charge >= 0.3 is 0 Å². The lowest BCUT2D eigenvalue weighted by Crippen LogP contribution is -2.54. The van der Waals surface area contributed by atoms with Gasteiger partial charge in [0.1, 0.15) is 12.1 Å². The van der Waals surface area contributed by atoms with Gasteiger partial charge < -0.3 is 15.5 Å². The van der Waals surface area contributed by atoms with Gasteiger partial charge in [0.25, 0.3) is 0 Å². The zero-order chi connectivity index (χ0) is 20.4. The maximum absolute atomic E-state index is 12.8. The number of benzene rings is 1. The predicted octanol–water partition coefficient (Wildman–Crippen LogP) is 3.68. The molecule has 162 valence electrons. The SMILES string of the molecule is C.CCC1SCc2ncnc(N3CCN(C(=O)[C@H](N)Cc4ccc(Cl)cc4)CC3)c21. The van der Waals surface area contributed by atoms with Gasteiger partial charge in [0, 0.05) is 47.8 Å². The zero-order valence-corrected chi connectivity index (χ0v) is 18.1. The van der Waals surface area contributed by atoms with Crippen LogP contribution in [0.1, 0.15) is 42.8 Å². The summed E-state index contributed by atoms with van der Waals surface area (Å²) in [6.45, 7) is 5.07. The molecule has 30 heavy (non-hydrogen) atoms. The Hall–Kier alpha value is -1.83. The van der Waals surface area contributed by atoms with E-state index in [4.69, 9.17) is 17.3 Å². The number of anilines is 1. The van der Waals surface area contributed by atoms with Crippen molar-refractivity contribution in [2.24, 2.45) is 5.73 Å². The van der Waals surface area contributed by atoms with E-state index in [1.54, 1.807) is 6.33 Å². The third-order valence-electron chi connectivity index (χ3n) is 5.64. The van der Waals surface area contributed by atoms with Crippen LogP contribution in [0.3, 0.4) is 0 Å². The van der Waals surface area contributed by atoms with E-state index in [1.165, 1.54) is 5.56 Å². The molecule has 1 fully saturated rings. The summed E-state index contributed by atoms with van der Waals surface area (Å²) >= 11 is 7.87. The van der Waals surface area contributed by atoms with Crippen LogP contribution in [0.2, 0.25) is 5.02 Å². The van der Waals surface area contributed by atoms with Crippen molar-refractivity contribution in [2.45, 2.75) is 44.2 Å². The number of halogens is 1. The lowest BCUT2D eigenvalue weighted by Gasteiger charge is -2.37. The summed E-state index contributed by atoms with van der Waals surface area (Å²) in [7, 11) is 0. The fourth-order valence-corrected chi connectivity index (χ4v) is 5.40. The van der Waals surface area contributed by atoms with Crippen molar-refractivity contribution in [3.63, 3.8) is 0 Å². The molecular formula is C22H30ClN5OS. The lowest BCUT2D eigenvalue weighted by molar-refractivity contribution is -0.132. The quantitative estimate of drug-likeness (QED) is 0.753. The number of hydrogen-bond donors (Lipinski definition) is 1. The minimum Gasteiger partial charge on any atom is -0.353 e. The Kier molecular flexibility index (Phi) is 7.60. The van der Waals surface area contributed by atoms with Gasteiger partial charge in [-0.15, -0.1) is 11.8 Å². The van der Waals surface area contributed by atoms with E-state index in [1.807, 2.05) is 40.9 Å². The van der Waals surface area contributed by atoms with Crippen LogP contribution in [0.4, 0.5) is 5.82 Å². The Morgan fingerprint density at radius 3 is 2.60 bits per heavy atom. The number of nitrogens with two attached hydrogens (primary N) is 1. The second-order valence-corrected chi connectivity index (χ2v) is 9.14. The number of thioether (sulfide) groups is 1. The van der Waals surface area contributed by atoms with Gasteiger partial charge in [-0.25, -0.2) is 9.97 Å². The zero-order valence-electron chi connectivity index (χ0n) is 16.6. The van der Waals surface area contributed by atoms with E-state index in [-0.39, 0.29) is 13.3 Å². The van der Waals surface area contributed by atoms with Crippen LogP contribution in [0.15, 0.2) is 30.6 Å². The van der Waals surface area contributed by atoms with Crippen molar-refractivity contribution in [2.75, 3.05) is 31.1 Å². The maximum atomic E-state index is 12.8. The summed E-state index contributed by atoms with van der Waals surface area (Å²) < 4.78 is 0. The molecule has 0 saturated carbocycles. The molecule has 3 heterocycles. The minimum absolute atomic E-state index is 0. The fourth-order valence-electron chi connectivity index (χ4n) is 4.04. The normalized spacial score (nSPS) is 19.2. The minimum atomic E-state index is -0.535. The first-order chi connectivity index (χ1) is 14.1. The number of aromatic nitrogens is 2. The first-order valence-corrected chi connectivity index (χ1v) is 11.5. The number of hydrogen-bond acceptors (Lipinski definition) is 6. The molecule has 1 amide bonds. The molecule has 2 atom stereocenters. The van der Waals surface area contributed by atoms with Crippen LogP contribution in [-0.2, 0) is 17.0 Å². The third kappa shape index (κ3) is 4.74. The van der Waals surface area contributed by atoms with Crippen molar-refractivity contribution >= 4 is 35.1 Å². The molecule has 6 nitrogen and oxygen atoms in total. The second kappa shape index (κ2) is 9.98. The van der Waals surface area contributed by atoms with E-state index in [9.17, 15) is 4.79 Å². The van der Waals surface area contributed by atoms with Crippen molar-refractivity contribution in [1.82, 2.24) is 14.9 Å². The largest absolute Gasteiger partial charge is 0.353 e. The van der Waals surface area contributed by atoms with Crippen LogP contribution < -0.4 is 10.6 Å². The maximum Gasteiger partial charge on any atom is 0.239 e. The fraction of sp³-hybridized carbons (Fsp3) is 0.500. The molecule has 1 saturated heterocycles. The Balaban J connectivity index is 0.00000256. The molecule has 0 radical (unpaired) electrons. The predicted molar refractivity (Wildman–Crippen MR) is 125 cm³/mol. The number of rotatable bonds is 5. The van der Waals surface area contributed by atoms with Crippen LogP contribution >= 0.6 is 23.4 Å². The first-order valence-electron chi connectivity index (χ1n) is 10.1. The van der Waals surface area contributed by atoms with Gasteiger partial charge in [-0.05, 0) is 30.5 Å². The van der Waals surface area contributed by atoms with E-state index >= 15 is 0 Å². The number of piperazine rings is 1. The summed E-state index contributed by atoms with van der Waals surface area (Å²) in [5.41, 5.74) is 9.69. The molecule has 1 unspecified atom stereocenters. The Bertz CT molecular complexity index is 870. The second-order valence-electron chi connectivity index (χ2n) is 7.51. The van der Waals surface area contributed by atoms with Crippen LogP contribution in [0, 0.1) is 0 Å². The molecule has 2 aromatic rings. The van der Waals surface area contributed by atoms with E-state index in [0.717, 1.165) is 42.3 Å². The number of carbonyl (C=O) groups excluding carboxylic acids is 1. The number of fused-ring (bicyclic) bond motifs is 1. The van der Waals surface area contributed by atoms with Crippen molar-refractivity contribution in [3.8, 4) is 0 Å². The van der Waals surface area contributed by atoms with Crippen molar-refractivity contribution < 1.29 is 4.79 Å². The van der Waals surface area contributed by atoms with Gasteiger partial charge in [-0.3, -0.25) is 4.79 Å². The van der Waals surface area contributed by atoms with Crippen LogP contribution in [0.25, 0.3) is 0 Å². The van der Waals surface area contributed by atoms with Crippen molar-refractivity contribution in [3.05, 3.63) is 52.4 Å². The highest BCUT2D eigenvalue weighted by molar-refractivity contribution is 7.99. The topological polar surface area (TPSA) is 75.4 Å². The monoisotopic (exact) mass is 447 g/mol. The Morgan fingerprint density at radius 1 is 1.23 bits per heavy atom. The molecule has 0 aliphatic carbocycles. The number of nitrogens with zero attached hydrogens (tertiary/aromatic N) is 4. The van der Waals surface area contributed by atoms with E-state index in [0.29, 0.717) is 29.8 Å². The van der Waals surface area contributed by atoms with Gasteiger partial charge in [-0.2, -0.15) is 0 Å². The molecule has 2 N–H and O–H groups in total. The summed E-state index contributed by atoms with van der Waals surface area (Å²) in [4.78, 5) is 26.1.